The van der Waals surface area contributed by atoms with E-state index in [0.29, 0.717) is 18.4 Å². The van der Waals surface area contributed by atoms with Crippen LogP contribution in [0.3, 0.4) is 0 Å². The van der Waals surface area contributed by atoms with Crippen molar-refractivity contribution in [2.45, 2.75) is 51.5 Å². The largest absolute Gasteiger partial charge is 0.373 e. The molecule has 3 heterocycles. The average molecular weight is 309 g/mol. The second kappa shape index (κ2) is 6.42. The highest BCUT2D eigenvalue weighted by Gasteiger charge is 2.42. The van der Waals surface area contributed by atoms with E-state index in [1.54, 1.807) is 11.3 Å². The van der Waals surface area contributed by atoms with Crippen molar-refractivity contribution in [1.29, 1.82) is 0 Å². The average Bonchev–Trinajstić information content (AvgIpc) is 3.04. The van der Waals surface area contributed by atoms with Crippen molar-refractivity contribution >= 4 is 17.2 Å². The third-order valence-corrected chi connectivity index (χ3v) is 4.86. The van der Waals surface area contributed by atoms with E-state index in [1.807, 2.05) is 25.4 Å². The third-order valence-electron chi connectivity index (χ3n) is 4.09. The van der Waals surface area contributed by atoms with Crippen LogP contribution in [0.4, 0.5) is 0 Å². The lowest BCUT2D eigenvalue weighted by molar-refractivity contribution is -0.124. The monoisotopic (exact) mass is 309 g/mol. The van der Waals surface area contributed by atoms with E-state index < -0.39 is 0 Å². The fourth-order valence-electron chi connectivity index (χ4n) is 3.32. The smallest absolute Gasteiger partial charge is 0.222 e. The van der Waals surface area contributed by atoms with Crippen LogP contribution in [0.15, 0.2) is 11.6 Å². The molecule has 3 rings (SSSR count). The maximum absolute atomic E-state index is 11.8. The summed E-state index contributed by atoms with van der Waals surface area (Å²) in [5, 5.41) is 6.13. The molecule has 0 saturated carbocycles. The van der Waals surface area contributed by atoms with Crippen LogP contribution in [0.1, 0.15) is 31.7 Å². The number of nitrogens with one attached hydrogen (secondary N) is 1. The predicted molar refractivity (Wildman–Crippen MR) is 82.1 cm³/mol. The SMILES string of the molecule is CC(C)NC(=O)C[C@@H]1C[C@@H]2CN(Cc3nccs3)C[C@@H]2O1. The Morgan fingerprint density at radius 2 is 2.43 bits per heavy atom. The zero-order chi connectivity index (χ0) is 14.8. The minimum absolute atomic E-state index is 0.0979. The lowest BCUT2D eigenvalue weighted by Crippen LogP contribution is -2.33. The molecular formula is C15H23N3O2S. The van der Waals surface area contributed by atoms with E-state index in [4.69, 9.17) is 4.74 Å². The molecule has 1 aromatic rings. The Morgan fingerprint density at radius 3 is 3.10 bits per heavy atom. The highest BCUT2D eigenvalue weighted by Crippen LogP contribution is 2.34. The van der Waals surface area contributed by atoms with Crippen molar-refractivity contribution in [3.8, 4) is 0 Å². The summed E-state index contributed by atoms with van der Waals surface area (Å²) in [7, 11) is 0. The fourth-order valence-corrected chi connectivity index (χ4v) is 3.98. The van der Waals surface area contributed by atoms with Crippen LogP contribution < -0.4 is 5.32 Å². The van der Waals surface area contributed by atoms with Crippen LogP contribution in [0.5, 0.6) is 0 Å². The zero-order valence-corrected chi connectivity index (χ0v) is 13.4. The Morgan fingerprint density at radius 1 is 1.57 bits per heavy atom. The summed E-state index contributed by atoms with van der Waals surface area (Å²) < 4.78 is 6.07. The third kappa shape index (κ3) is 3.81. The van der Waals surface area contributed by atoms with E-state index >= 15 is 0 Å². The summed E-state index contributed by atoms with van der Waals surface area (Å²) in [5.74, 6) is 0.677. The number of likely N-dealkylation sites (tertiary alicyclic amines) is 1. The molecule has 0 radical (unpaired) electrons. The van der Waals surface area contributed by atoms with Crippen LogP contribution in [-0.4, -0.2) is 47.1 Å². The number of fused-ring (bicyclic) bond motifs is 1. The summed E-state index contributed by atoms with van der Waals surface area (Å²) >= 11 is 1.71. The molecule has 0 bridgehead atoms. The number of aromatic nitrogens is 1. The first kappa shape index (κ1) is 14.9. The Balaban J connectivity index is 1.44. The molecule has 0 spiro atoms. The number of amides is 1. The number of carbonyl (C=O) groups is 1. The summed E-state index contributed by atoms with van der Waals surface area (Å²) in [6.45, 7) is 6.92. The van der Waals surface area contributed by atoms with Crippen LogP contribution >= 0.6 is 11.3 Å². The topological polar surface area (TPSA) is 54.5 Å². The second-order valence-electron chi connectivity index (χ2n) is 6.34. The molecule has 2 saturated heterocycles. The first-order chi connectivity index (χ1) is 10.1. The molecule has 21 heavy (non-hydrogen) atoms. The normalized spacial score (nSPS) is 29.0. The molecule has 1 amide bonds. The van der Waals surface area contributed by atoms with Gasteiger partial charge in [0.05, 0.1) is 25.2 Å². The number of hydrogen-bond acceptors (Lipinski definition) is 5. The molecule has 1 N–H and O–H groups in total. The number of thiazole rings is 1. The van der Waals surface area contributed by atoms with Gasteiger partial charge in [0.15, 0.2) is 0 Å². The molecular weight excluding hydrogens is 286 g/mol. The first-order valence-corrected chi connectivity index (χ1v) is 8.53. The van der Waals surface area contributed by atoms with E-state index in [-0.39, 0.29) is 18.1 Å². The minimum Gasteiger partial charge on any atom is -0.373 e. The molecule has 5 nitrogen and oxygen atoms in total. The summed E-state index contributed by atoms with van der Waals surface area (Å²) in [5.41, 5.74) is 0. The van der Waals surface area contributed by atoms with Gasteiger partial charge in [-0.2, -0.15) is 0 Å². The van der Waals surface area contributed by atoms with Crippen molar-refractivity contribution < 1.29 is 9.53 Å². The summed E-state index contributed by atoms with van der Waals surface area (Å²) in [6.07, 6.45) is 3.75. The van der Waals surface area contributed by atoms with Gasteiger partial charge in [-0.25, -0.2) is 4.98 Å². The molecule has 2 fully saturated rings. The van der Waals surface area contributed by atoms with E-state index in [0.717, 1.165) is 26.1 Å². The molecule has 116 valence electrons. The first-order valence-electron chi connectivity index (χ1n) is 7.65. The predicted octanol–water partition coefficient (Wildman–Crippen LogP) is 1.65. The number of ether oxygens (including phenoxy) is 1. The molecule has 0 aromatic carbocycles. The molecule has 2 aliphatic heterocycles. The molecule has 1 aromatic heterocycles. The number of rotatable bonds is 5. The quantitative estimate of drug-likeness (QED) is 0.898. The molecule has 2 aliphatic rings. The van der Waals surface area contributed by atoms with E-state index in [2.05, 4.69) is 15.2 Å². The highest BCUT2D eigenvalue weighted by molar-refractivity contribution is 7.09. The molecule has 3 atom stereocenters. The van der Waals surface area contributed by atoms with Crippen molar-refractivity contribution in [1.82, 2.24) is 15.2 Å². The minimum atomic E-state index is 0.0979. The van der Waals surface area contributed by atoms with Gasteiger partial charge >= 0.3 is 0 Å². The lowest BCUT2D eigenvalue weighted by atomic mass is 10.0. The Labute approximate surface area is 129 Å². The van der Waals surface area contributed by atoms with Gasteiger partial charge in [-0.3, -0.25) is 9.69 Å². The van der Waals surface area contributed by atoms with Gasteiger partial charge in [-0.15, -0.1) is 11.3 Å². The molecule has 6 heteroatoms. The van der Waals surface area contributed by atoms with Crippen molar-refractivity contribution in [2.24, 2.45) is 5.92 Å². The van der Waals surface area contributed by atoms with Crippen LogP contribution in [0.2, 0.25) is 0 Å². The summed E-state index contributed by atoms with van der Waals surface area (Å²) in [6, 6.07) is 0.201. The van der Waals surface area contributed by atoms with Crippen molar-refractivity contribution in [2.75, 3.05) is 13.1 Å². The lowest BCUT2D eigenvalue weighted by Gasteiger charge is -2.18. The second-order valence-corrected chi connectivity index (χ2v) is 7.32. The van der Waals surface area contributed by atoms with Gasteiger partial charge in [0.2, 0.25) is 5.91 Å². The standard InChI is InChI=1S/C15H23N3O2S/c1-10(2)17-14(19)6-12-5-11-7-18(8-13(11)20-12)9-15-16-3-4-21-15/h3-4,10-13H,5-9H2,1-2H3,(H,17,19)/t11-,12+,13+/m1/s1. The van der Waals surface area contributed by atoms with Crippen LogP contribution in [0, 0.1) is 5.92 Å². The molecule has 0 aliphatic carbocycles. The van der Waals surface area contributed by atoms with Gasteiger partial charge in [-0.1, -0.05) is 0 Å². The van der Waals surface area contributed by atoms with Gasteiger partial charge in [0, 0.05) is 36.6 Å². The van der Waals surface area contributed by atoms with Gasteiger partial charge < -0.3 is 10.1 Å². The Kier molecular flexibility index (Phi) is 4.57. The molecule has 0 unspecified atom stereocenters. The Hall–Kier alpha value is -0.980. The van der Waals surface area contributed by atoms with Crippen molar-refractivity contribution in [3.05, 3.63) is 16.6 Å². The maximum Gasteiger partial charge on any atom is 0.222 e. The summed E-state index contributed by atoms with van der Waals surface area (Å²) in [4.78, 5) is 18.6. The number of nitrogens with zero attached hydrogens (tertiary/aromatic N) is 2. The fraction of sp³-hybridized carbons (Fsp3) is 0.733. The van der Waals surface area contributed by atoms with Crippen LogP contribution in [-0.2, 0) is 16.1 Å². The Bertz CT molecular complexity index is 463. The van der Waals surface area contributed by atoms with Gasteiger partial charge in [0.25, 0.3) is 0 Å². The number of carbonyl (C=O) groups excluding carboxylic acids is 1. The maximum atomic E-state index is 11.8. The van der Waals surface area contributed by atoms with Crippen LogP contribution in [0.25, 0.3) is 0 Å². The van der Waals surface area contributed by atoms with E-state index in [1.165, 1.54) is 5.01 Å². The van der Waals surface area contributed by atoms with E-state index in [9.17, 15) is 4.79 Å². The number of hydrogen-bond donors (Lipinski definition) is 1. The van der Waals surface area contributed by atoms with Crippen molar-refractivity contribution in [3.63, 3.8) is 0 Å². The highest BCUT2D eigenvalue weighted by atomic mass is 32.1. The van der Waals surface area contributed by atoms with Gasteiger partial charge in [0.1, 0.15) is 5.01 Å². The zero-order valence-electron chi connectivity index (χ0n) is 12.6. The van der Waals surface area contributed by atoms with Gasteiger partial charge in [-0.05, 0) is 20.3 Å².